The van der Waals surface area contributed by atoms with E-state index in [0.717, 1.165) is 33.6 Å². The number of nitrogens with one attached hydrogen (secondary N) is 3. The molecule has 1 aliphatic rings. The molecule has 1 unspecified atom stereocenters. The average Bonchev–Trinajstić information content (AvgIpc) is 3.11. The van der Waals surface area contributed by atoms with Gasteiger partial charge in [-0.15, -0.1) is 0 Å². The van der Waals surface area contributed by atoms with Crippen molar-refractivity contribution >= 4 is 23.2 Å². The smallest absolute Gasteiger partial charge is 0.228 e. The Morgan fingerprint density at radius 3 is 2.72 bits per heavy atom. The van der Waals surface area contributed by atoms with Crippen molar-refractivity contribution in [1.82, 2.24) is 10.3 Å². The molecule has 1 atom stereocenters. The van der Waals surface area contributed by atoms with E-state index < -0.39 is 0 Å². The standard InChI is InChI=1S/C23H22N4O2/c1-15(28)25-14-22(16-5-3-2-4-6-16)26-20-10-19(12-24-13-20)17-7-8-21-18(9-17)11-23(29)27-21/h2-10,12-13,22,26H,11,14H2,1H3,(H,25,28)(H,27,29). The van der Waals surface area contributed by atoms with E-state index in [2.05, 4.69) is 20.9 Å². The predicted molar refractivity (Wildman–Crippen MR) is 113 cm³/mol. The molecule has 0 aliphatic carbocycles. The summed E-state index contributed by atoms with van der Waals surface area (Å²) in [6, 6.07) is 17.9. The Balaban J connectivity index is 1.58. The fourth-order valence-corrected chi connectivity index (χ4v) is 3.47. The van der Waals surface area contributed by atoms with E-state index in [4.69, 9.17) is 0 Å². The number of amides is 2. The molecule has 3 N–H and O–H groups in total. The van der Waals surface area contributed by atoms with Crippen LogP contribution in [-0.4, -0.2) is 23.3 Å². The number of anilines is 2. The number of rotatable bonds is 6. The highest BCUT2D eigenvalue weighted by atomic mass is 16.2. The minimum absolute atomic E-state index is 0.0226. The van der Waals surface area contributed by atoms with Crippen LogP contribution in [0.4, 0.5) is 11.4 Å². The third-order valence-electron chi connectivity index (χ3n) is 4.90. The van der Waals surface area contributed by atoms with E-state index in [-0.39, 0.29) is 17.9 Å². The van der Waals surface area contributed by atoms with Gasteiger partial charge in [-0.05, 0) is 34.9 Å². The van der Waals surface area contributed by atoms with Crippen LogP contribution in [0.1, 0.15) is 24.1 Å². The number of nitrogens with zero attached hydrogens (tertiary/aromatic N) is 1. The zero-order chi connectivity index (χ0) is 20.2. The molecule has 1 aliphatic heterocycles. The summed E-state index contributed by atoms with van der Waals surface area (Å²) >= 11 is 0. The summed E-state index contributed by atoms with van der Waals surface area (Å²) in [4.78, 5) is 27.4. The van der Waals surface area contributed by atoms with E-state index in [1.807, 2.05) is 60.8 Å². The van der Waals surface area contributed by atoms with Gasteiger partial charge in [0.1, 0.15) is 0 Å². The third kappa shape index (κ3) is 4.43. The van der Waals surface area contributed by atoms with Crippen LogP contribution in [0.2, 0.25) is 0 Å². The van der Waals surface area contributed by atoms with Crippen molar-refractivity contribution in [1.29, 1.82) is 0 Å². The number of hydrogen-bond acceptors (Lipinski definition) is 4. The number of carbonyl (C=O) groups is 2. The molecule has 0 bridgehead atoms. The zero-order valence-corrected chi connectivity index (χ0v) is 16.1. The van der Waals surface area contributed by atoms with Gasteiger partial charge in [0.2, 0.25) is 11.8 Å². The molecule has 0 spiro atoms. The van der Waals surface area contributed by atoms with Gasteiger partial charge in [-0.3, -0.25) is 14.6 Å². The molecule has 29 heavy (non-hydrogen) atoms. The molecule has 6 heteroatoms. The lowest BCUT2D eigenvalue weighted by Crippen LogP contribution is -2.29. The van der Waals surface area contributed by atoms with Crippen molar-refractivity contribution in [3.8, 4) is 11.1 Å². The predicted octanol–water partition coefficient (Wildman–Crippen LogP) is 3.53. The van der Waals surface area contributed by atoms with Crippen molar-refractivity contribution in [3.63, 3.8) is 0 Å². The Morgan fingerprint density at radius 2 is 1.93 bits per heavy atom. The summed E-state index contributed by atoms with van der Waals surface area (Å²) in [6.07, 6.45) is 3.98. The Hall–Kier alpha value is -3.67. The Kier molecular flexibility index (Phi) is 5.24. The number of carbonyl (C=O) groups excluding carboxylic acids is 2. The molecule has 2 aromatic carbocycles. The summed E-state index contributed by atoms with van der Waals surface area (Å²) in [5, 5.41) is 9.21. The molecule has 0 saturated heterocycles. The first-order valence-electron chi connectivity index (χ1n) is 9.52. The van der Waals surface area contributed by atoms with Gasteiger partial charge in [-0.25, -0.2) is 0 Å². The molecule has 1 aromatic heterocycles. The van der Waals surface area contributed by atoms with Crippen LogP contribution in [0.5, 0.6) is 0 Å². The molecule has 0 fully saturated rings. The van der Waals surface area contributed by atoms with Gasteiger partial charge < -0.3 is 16.0 Å². The molecule has 0 radical (unpaired) electrons. The number of fused-ring (bicyclic) bond motifs is 1. The highest BCUT2D eigenvalue weighted by Crippen LogP contribution is 2.30. The minimum Gasteiger partial charge on any atom is -0.375 e. The van der Waals surface area contributed by atoms with Gasteiger partial charge in [0.25, 0.3) is 0 Å². The molecule has 146 valence electrons. The monoisotopic (exact) mass is 386 g/mol. The summed E-state index contributed by atoms with van der Waals surface area (Å²) in [6.45, 7) is 1.98. The van der Waals surface area contributed by atoms with E-state index in [1.165, 1.54) is 6.92 Å². The van der Waals surface area contributed by atoms with Crippen LogP contribution in [0, 0.1) is 0 Å². The molecule has 4 rings (SSSR count). The molecule has 0 saturated carbocycles. The molecule has 2 heterocycles. The van der Waals surface area contributed by atoms with Crippen LogP contribution in [0.25, 0.3) is 11.1 Å². The lowest BCUT2D eigenvalue weighted by atomic mass is 10.0. The number of pyridine rings is 1. The van der Waals surface area contributed by atoms with Gasteiger partial charge in [0.05, 0.1) is 18.2 Å². The SMILES string of the molecule is CC(=O)NCC(Nc1cncc(-c2ccc3c(c2)CC(=O)N3)c1)c1ccccc1. The largest absolute Gasteiger partial charge is 0.375 e. The Bertz CT molecular complexity index is 1050. The first-order chi connectivity index (χ1) is 14.1. The van der Waals surface area contributed by atoms with Crippen molar-refractivity contribution < 1.29 is 9.59 Å². The fraction of sp³-hybridized carbons (Fsp3) is 0.174. The summed E-state index contributed by atoms with van der Waals surface area (Å²) in [5.41, 5.74) is 5.78. The van der Waals surface area contributed by atoms with Gasteiger partial charge in [-0.1, -0.05) is 36.4 Å². The quantitative estimate of drug-likeness (QED) is 0.605. The van der Waals surface area contributed by atoms with E-state index in [0.29, 0.717) is 13.0 Å². The van der Waals surface area contributed by atoms with Crippen molar-refractivity contribution in [2.45, 2.75) is 19.4 Å². The zero-order valence-electron chi connectivity index (χ0n) is 16.1. The molecular weight excluding hydrogens is 364 g/mol. The van der Waals surface area contributed by atoms with Crippen LogP contribution in [0.15, 0.2) is 67.0 Å². The van der Waals surface area contributed by atoms with Crippen molar-refractivity contribution in [3.05, 3.63) is 78.1 Å². The first kappa shape index (κ1) is 18.7. The maximum Gasteiger partial charge on any atom is 0.228 e. The second-order valence-corrected chi connectivity index (χ2v) is 7.10. The summed E-state index contributed by atoms with van der Waals surface area (Å²) in [7, 11) is 0. The van der Waals surface area contributed by atoms with Gasteiger partial charge >= 0.3 is 0 Å². The number of aromatic nitrogens is 1. The second kappa shape index (κ2) is 8.14. The maximum absolute atomic E-state index is 11.6. The topological polar surface area (TPSA) is 83.1 Å². The van der Waals surface area contributed by atoms with Crippen molar-refractivity contribution in [2.75, 3.05) is 17.2 Å². The number of benzene rings is 2. The molecular formula is C23H22N4O2. The van der Waals surface area contributed by atoms with E-state index >= 15 is 0 Å². The molecule has 3 aromatic rings. The molecule has 2 amide bonds. The van der Waals surface area contributed by atoms with Gasteiger partial charge in [0, 0.05) is 37.1 Å². The highest BCUT2D eigenvalue weighted by Gasteiger charge is 2.18. The number of hydrogen-bond donors (Lipinski definition) is 3. The summed E-state index contributed by atoms with van der Waals surface area (Å²) in [5.74, 6) is -0.0460. The van der Waals surface area contributed by atoms with Gasteiger partial charge in [0.15, 0.2) is 0 Å². The van der Waals surface area contributed by atoms with E-state index in [9.17, 15) is 9.59 Å². The fourth-order valence-electron chi connectivity index (χ4n) is 3.47. The normalized spacial score (nSPS) is 13.3. The third-order valence-corrected chi connectivity index (χ3v) is 4.90. The van der Waals surface area contributed by atoms with Gasteiger partial charge in [-0.2, -0.15) is 0 Å². The maximum atomic E-state index is 11.6. The first-order valence-corrected chi connectivity index (χ1v) is 9.52. The van der Waals surface area contributed by atoms with Crippen LogP contribution in [0.3, 0.4) is 0 Å². The average molecular weight is 386 g/mol. The van der Waals surface area contributed by atoms with Crippen LogP contribution in [-0.2, 0) is 16.0 Å². The Labute approximate surface area is 169 Å². The van der Waals surface area contributed by atoms with Crippen LogP contribution < -0.4 is 16.0 Å². The lowest BCUT2D eigenvalue weighted by molar-refractivity contribution is -0.119. The van der Waals surface area contributed by atoms with E-state index in [1.54, 1.807) is 6.20 Å². The Morgan fingerprint density at radius 1 is 1.10 bits per heavy atom. The lowest BCUT2D eigenvalue weighted by Gasteiger charge is -2.21. The summed E-state index contributed by atoms with van der Waals surface area (Å²) < 4.78 is 0. The second-order valence-electron chi connectivity index (χ2n) is 7.10. The van der Waals surface area contributed by atoms with Crippen LogP contribution >= 0.6 is 0 Å². The minimum atomic E-state index is -0.0843. The van der Waals surface area contributed by atoms with Crippen molar-refractivity contribution in [2.24, 2.45) is 0 Å². The molecule has 6 nitrogen and oxygen atoms in total. The highest BCUT2D eigenvalue weighted by molar-refractivity contribution is 5.99.